The van der Waals surface area contributed by atoms with E-state index in [2.05, 4.69) is 10.3 Å². The van der Waals surface area contributed by atoms with E-state index in [1.807, 2.05) is 6.92 Å². The number of aliphatic carboxylic acids is 1. The molecular formula is C11H15N3O3. The van der Waals surface area contributed by atoms with Crippen molar-refractivity contribution in [2.45, 2.75) is 13.3 Å². The minimum Gasteiger partial charge on any atom is -0.481 e. The number of anilines is 1. The largest absolute Gasteiger partial charge is 0.481 e. The highest BCUT2D eigenvalue weighted by Crippen LogP contribution is 2.07. The Balaban J connectivity index is 2.51. The predicted molar refractivity (Wildman–Crippen MR) is 62.9 cm³/mol. The van der Waals surface area contributed by atoms with Gasteiger partial charge in [-0.1, -0.05) is 0 Å². The summed E-state index contributed by atoms with van der Waals surface area (Å²) in [4.78, 5) is 27.3. The molecule has 6 nitrogen and oxygen atoms in total. The third kappa shape index (κ3) is 4.50. The molecule has 1 heterocycles. The zero-order valence-corrected chi connectivity index (χ0v) is 9.80. The molecule has 92 valence electrons. The molecule has 0 aliphatic rings. The Morgan fingerprint density at radius 2 is 2.18 bits per heavy atom. The number of nitrogens with one attached hydrogen (secondary N) is 1. The highest BCUT2D eigenvalue weighted by molar-refractivity contribution is 5.89. The van der Waals surface area contributed by atoms with Crippen molar-refractivity contribution in [1.82, 2.24) is 9.88 Å². The number of amides is 2. The Labute approximate surface area is 99.3 Å². The van der Waals surface area contributed by atoms with Crippen LogP contribution < -0.4 is 5.32 Å². The summed E-state index contributed by atoms with van der Waals surface area (Å²) < 4.78 is 0. The van der Waals surface area contributed by atoms with Crippen molar-refractivity contribution in [2.24, 2.45) is 0 Å². The number of urea groups is 1. The molecule has 0 bridgehead atoms. The second-order valence-electron chi connectivity index (χ2n) is 3.75. The highest BCUT2D eigenvalue weighted by atomic mass is 16.4. The van der Waals surface area contributed by atoms with Crippen LogP contribution in [0.3, 0.4) is 0 Å². The number of carbonyl (C=O) groups is 2. The monoisotopic (exact) mass is 237 g/mol. The van der Waals surface area contributed by atoms with E-state index in [9.17, 15) is 9.59 Å². The van der Waals surface area contributed by atoms with Crippen LogP contribution in [-0.2, 0) is 4.79 Å². The molecular weight excluding hydrogens is 222 g/mol. The number of nitrogens with zero attached hydrogens (tertiary/aromatic N) is 2. The first kappa shape index (κ1) is 13.0. The Hall–Kier alpha value is -2.11. The van der Waals surface area contributed by atoms with Crippen molar-refractivity contribution in [2.75, 3.05) is 18.9 Å². The fourth-order valence-electron chi connectivity index (χ4n) is 1.21. The van der Waals surface area contributed by atoms with Gasteiger partial charge in [0.05, 0.1) is 18.3 Å². The lowest BCUT2D eigenvalue weighted by atomic mass is 10.3. The van der Waals surface area contributed by atoms with Gasteiger partial charge in [-0.15, -0.1) is 0 Å². The third-order valence-corrected chi connectivity index (χ3v) is 2.13. The van der Waals surface area contributed by atoms with E-state index < -0.39 is 5.97 Å². The molecule has 0 unspecified atom stereocenters. The van der Waals surface area contributed by atoms with Gasteiger partial charge in [-0.25, -0.2) is 4.79 Å². The van der Waals surface area contributed by atoms with Crippen LogP contribution in [0.1, 0.15) is 12.0 Å². The number of carbonyl (C=O) groups excluding carboxylic acids is 1. The van der Waals surface area contributed by atoms with Crippen LogP contribution in [0.25, 0.3) is 0 Å². The number of hydrogen-bond acceptors (Lipinski definition) is 3. The van der Waals surface area contributed by atoms with Crippen molar-refractivity contribution in [1.29, 1.82) is 0 Å². The molecule has 0 saturated heterocycles. The first-order valence-electron chi connectivity index (χ1n) is 5.14. The molecule has 1 rings (SSSR count). The van der Waals surface area contributed by atoms with Crippen molar-refractivity contribution in [3.05, 3.63) is 24.0 Å². The average molecular weight is 237 g/mol. The van der Waals surface area contributed by atoms with Gasteiger partial charge >= 0.3 is 12.0 Å². The van der Waals surface area contributed by atoms with Crippen LogP contribution in [0.5, 0.6) is 0 Å². The Bertz CT molecular complexity index is 420. The molecule has 1 aromatic heterocycles. The van der Waals surface area contributed by atoms with Crippen molar-refractivity contribution in [3.63, 3.8) is 0 Å². The molecule has 0 atom stereocenters. The first-order chi connectivity index (χ1) is 7.99. The van der Waals surface area contributed by atoms with E-state index in [1.54, 1.807) is 19.3 Å². The number of hydrogen-bond donors (Lipinski definition) is 2. The van der Waals surface area contributed by atoms with Crippen molar-refractivity contribution >= 4 is 17.7 Å². The van der Waals surface area contributed by atoms with E-state index in [0.717, 1.165) is 5.56 Å². The van der Waals surface area contributed by atoms with E-state index >= 15 is 0 Å². The Morgan fingerprint density at radius 1 is 1.47 bits per heavy atom. The Kier molecular flexibility index (Phi) is 4.45. The molecule has 0 radical (unpaired) electrons. The smallest absolute Gasteiger partial charge is 0.321 e. The minimum atomic E-state index is -0.929. The Morgan fingerprint density at radius 3 is 2.76 bits per heavy atom. The maximum Gasteiger partial charge on any atom is 0.321 e. The molecule has 0 spiro atoms. The summed E-state index contributed by atoms with van der Waals surface area (Å²) in [5.41, 5.74) is 1.54. The second-order valence-corrected chi connectivity index (χ2v) is 3.75. The fourth-order valence-corrected chi connectivity index (χ4v) is 1.21. The average Bonchev–Trinajstić information content (AvgIpc) is 2.25. The van der Waals surface area contributed by atoms with E-state index in [1.165, 1.54) is 11.1 Å². The number of carboxylic acids is 1. The van der Waals surface area contributed by atoms with Gasteiger partial charge in [-0.2, -0.15) is 0 Å². The first-order valence-corrected chi connectivity index (χ1v) is 5.14. The fraction of sp³-hybridized carbons (Fsp3) is 0.364. The summed E-state index contributed by atoms with van der Waals surface area (Å²) in [6.07, 6.45) is 3.15. The van der Waals surface area contributed by atoms with Crippen LogP contribution in [0.4, 0.5) is 10.5 Å². The zero-order chi connectivity index (χ0) is 12.8. The zero-order valence-electron chi connectivity index (χ0n) is 9.80. The van der Waals surface area contributed by atoms with Gasteiger partial charge in [-0.05, 0) is 18.6 Å². The number of rotatable bonds is 4. The maximum absolute atomic E-state index is 11.6. The quantitative estimate of drug-likeness (QED) is 0.827. The lowest BCUT2D eigenvalue weighted by Crippen LogP contribution is -2.33. The van der Waals surface area contributed by atoms with Crippen LogP contribution >= 0.6 is 0 Å². The molecule has 2 amide bonds. The van der Waals surface area contributed by atoms with Crippen molar-refractivity contribution < 1.29 is 14.7 Å². The predicted octanol–water partition coefficient (Wildman–Crippen LogP) is 1.33. The van der Waals surface area contributed by atoms with Gasteiger partial charge in [0.1, 0.15) is 0 Å². The molecule has 17 heavy (non-hydrogen) atoms. The van der Waals surface area contributed by atoms with Crippen LogP contribution in [0.15, 0.2) is 18.5 Å². The molecule has 0 aliphatic heterocycles. The van der Waals surface area contributed by atoms with Gasteiger partial charge in [-0.3, -0.25) is 9.78 Å². The minimum absolute atomic E-state index is 0.0734. The normalized spacial score (nSPS) is 9.76. The summed E-state index contributed by atoms with van der Waals surface area (Å²) in [6, 6.07) is 1.44. The van der Waals surface area contributed by atoms with Gasteiger partial charge < -0.3 is 15.3 Å². The standard InChI is InChI=1S/C11H15N3O3/c1-8-5-9(7-12-6-8)13-11(17)14(2)4-3-10(15)16/h5-7H,3-4H2,1-2H3,(H,13,17)(H,15,16). The molecule has 0 fully saturated rings. The van der Waals surface area contributed by atoms with Crippen LogP contribution in [0, 0.1) is 6.92 Å². The molecule has 2 N–H and O–H groups in total. The van der Waals surface area contributed by atoms with E-state index in [4.69, 9.17) is 5.11 Å². The number of aryl methyl sites for hydroxylation is 1. The van der Waals surface area contributed by atoms with E-state index in [0.29, 0.717) is 5.69 Å². The lowest BCUT2D eigenvalue weighted by molar-refractivity contribution is -0.137. The van der Waals surface area contributed by atoms with Gasteiger partial charge in [0.25, 0.3) is 0 Å². The van der Waals surface area contributed by atoms with Gasteiger partial charge in [0.15, 0.2) is 0 Å². The maximum atomic E-state index is 11.6. The summed E-state index contributed by atoms with van der Waals surface area (Å²) in [5, 5.41) is 11.1. The van der Waals surface area contributed by atoms with Crippen LogP contribution in [-0.4, -0.2) is 40.6 Å². The summed E-state index contributed by atoms with van der Waals surface area (Å²) >= 11 is 0. The molecule has 0 aromatic carbocycles. The summed E-state index contributed by atoms with van der Waals surface area (Å²) in [7, 11) is 1.54. The van der Waals surface area contributed by atoms with Crippen LogP contribution in [0.2, 0.25) is 0 Å². The molecule has 0 saturated carbocycles. The lowest BCUT2D eigenvalue weighted by Gasteiger charge is -2.16. The summed E-state index contributed by atoms with van der Waals surface area (Å²) in [6.45, 7) is 2.04. The van der Waals surface area contributed by atoms with Gasteiger partial charge in [0, 0.05) is 19.8 Å². The SMILES string of the molecule is Cc1cncc(NC(=O)N(C)CCC(=O)O)c1. The molecule has 6 heteroatoms. The number of pyridine rings is 1. The highest BCUT2D eigenvalue weighted by Gasteiger charge is 2.10. The molecule has 0 aliphatic carbocycles. The van der Waals surface area contributed by atoms with E-state index in [-0.39, 0.29) is 19.0 Å². The van der Waals surface area contributed by atoms with Crippen molar-refractivity contribution in [3.8, 4) is 0 Å². The second kappa shape index (κ2) is 5.83. The number of carboxylic acid groups (broad SMARTS) is 1. The summed E-state index contributed by atoms with van der Waals surface area (Å²) in [5.74, 6) is -0.929. The topological polar surface area (TPSA) is 82.5 Å². The molecule has 1 aromatic rings. The number of aromatic nitrogens is 1. The van der Waals surface area contributed by atoms with Gasteiger partial charge in [0.2, 0.25) is 0 Å². The third-order valence-electron chi connectivity index (χ3n) is 2.13.